The van der Waals surface area contributed by atoms with Crippen LogP contribution >= 0.6 is 11.3 Å². The number of nitrogens with two attached hydrogens (primary N) is 1. The molecule has 0 unspecified atom stereocenters. The molecule has 0 aromatic carbocycles. The lowest BCUT2D eigenvalue weighted by Gasteiger charge is -2.36. The van der Waals surface area contributed by atoms with Crippen molar-refractivity contribution in [2.24, 2.45) is 5.73 Å². The first kappa shape index (κ1) is 9.99. The third-order valence-corrected chi connectivity index (χ3v) is 4.04. The molecule has 5 heteroatoms. The summed E-state index contributed by atoms with van der Waals surface area (Å²) in [5, 5.41) is 8.05. The molecule has 2 aromatic heterocycles. The molecule has 2 aromatic rings. The third kappa shape index (κ3) is 1.39. The fourth-order valence-corrected chi connectivity index (χ4v) is 2.69. The van der Waals surface area contributed by atoms with E-state index in [1.54, 1.807) is 11.3 Å². The van der Waals surface area contributed by atoms with E-state index in [1.165, 1.54) is 6.42 Å². The number of rotatable bonds is 3. The van der Waals surface area contributed by atoms with Gasteiger partial charge in [-0.15, -0.1) is 0 Å². The van der Waals surface area contributed by atoms with Crippen LogP contribution in [0.15, 0.2) is 21.3 Å². The molecule has 2 heterocycles. The molecule has 84 valence electrons. The Balaban J connectivity index is 1.93. The minimum atomic E-state index is -0.0404. The van der Waals surface area contributed by atoms with Crippen LogP contribution in [0.1, 0.15) is 25.2 Å². The number of aromatic nitrogens is 2. The van der Waals surface area contributed by atoms with E-state index in [0.717, 1.165) is 18.4 Å². The van der Waals surface area contributed by atoms with Gasteiger partial charge < -0.3 is 10.3 Å². The highest BCUT2D eigenvalue weighted by molar-refractivity contribution is 7.08. The largest absolute Gasteiger partial charge is 0.338 e. The highest BCUT2D eigenvalue weighted by Crippen LogP contribution is 2.42. The van der Waals surface area contributed by atoms with Gasteiger partial charge in [0.25, 0.3) is 0 Å². The second kappa shape index (κ2) is 3.68. The lowest BCUT2D eigenvalue weighted by Crippen LogP contribution is -2.41. The minimum Gasteiger partial charge on any atom is -0.338 e. The smallest absolute Gasteiger partial charge is 0.234 e. The summed E-state index contributed by atoms with van der Waals surface area (Å²) < 4.78 is 5.35. The fourth-order valence-electron chi connectivity index (χ4n) is 2.06. The van der Waals surface area contributed by atoms with Gasteiger partial charge in [-0.3, -0.25) is 0 Å². The first-order valence-electron chi connectivity index (χ1n) is 5.41. The van der Waals surface area contributed by atoms with Gasteiger partial charge in [-0.05, 0) is 24.3 Å². The molecule has 0 spiro atoms. The second-order valence-electron chi connectivity index (χ2n) is 4.27. The summed E-state index contributed by atoms with van der Waals surface area (Å²) >= 11 is 1.63. The normalized spacial score (nSPS) is 18.3. The third-order valence-electron chi connectivity index (χ3n) is 3.36. The average Bonchev–Trinajstić information content (AvgIpc) is 2.86. The molecule has 1 fully saturated rings. The highest BCUT2D eigenvalue weighted by atomic mass is 32.1. The van der Waals surface area contributed by atoms with E-state index in [2.05, 4.69) is 10.1 Å². The molecule has 0 saturated heterocycles. The van der Waals surface area contributed by atoms with Gasteiger partial charge in [-0.2, -0.15) is 16.3 Å². The number of thiophene rings is 1. The van der Waals surface area contributed by atoms with E-state index in [9.17, 15) is 0 Å². The van der Waals surface area contributed by atoms with Crippen LogP contribution < -0.4 is 5.73 Å². The van der Waals surface area contributed by atoms with Crippen LogP contribution in [0.2, 0.25) is 0 Å². The summed E-state index contributed by atoms with van der Waals surface area (Å²) in [5.41, 5.74) is 6.78. The van der Waals surface area contributed by atoms with Gasteiger partial charge in [0, 0.05) is 17.5 Å². The molecule has 4 nitrogen and oxygen atoms in total. The predicted octanol–water partition coefficient (Wildman–Crippen LogP) is 2.18. The Morgan fingerprint density at radius 1 is 1.50 bits per heavy atom. The first-order chi connectivity index (χ1) is 7.84. The van der Waals surface area contributed by atoms with Crippen molar-refractivity contribution in [3.63, 3.8) is 0 Å². The molecule has 16 heavy (non-hydrogen) atoms. The zero-order valence-electron chi connectivity index (χ0n) is 8.85. The van der Waals surface area contributed by atoms with Gasteiger partial charge >= 0.3 is 0 Å². The molecule has 0 amide bonds. The van der Waals surface area contributed by atoms with E-state index < -0.39 is 0 Å². The van der Waals surface area contributed by atoms with Crippen LogP contribution in [-0.2, 0) is 5.41 Å². The van der Waals surface area contributed by atoms with E-state index in [4.69, 9.17) is 10.3 Å². The maximum absolute atomic E-state index is 5.80. The van der Waals surface area contributed by atoms with E-state index >= 15 is 0 Å². The Kier molecular flexibility index (Phi) is 2.29. The Morgan fingerprint density at radius 3 is 2.94 bits per heavy atom. The van der Waals surface area contributed by atoms with Gasteiger partial charge in [0.05, 0.1) is 5.41 Å². The Bertz CT molecular complexity index is 468. The van der Waals surface area contributed by atoms with Crippen LogP contribution in [0.25, 0.3) is 11.4 Å². The summed E-state index contributed by atoms with van der Waals surface area (Å²) in [7, 11) is 0. The lowest BCUT2D eigenvalue weighted by molar-refractivity contribution is 0.182. The van der Waals surface area contributed by atoms with Crippen LogP contribution in [0.5, 0.6) is 0 Å². The Hall–Kier alpha value is -1.20. The molecule has 2 N–H and O–H groups in total. The zero-order valence-corrected chi connectivity index (χ0v) is 9.67. The molecular formula is C11H13N3OS. The lowest BCUT2D eigenvalue weighted by atomic mass is 9.69. The van der Waals surface area contributed by atoms with Gasteiger partial charge in [0.1, 0.15) is 0 Å². The van der Waals surface area contributed by atoms with Crippen molar-refractivity contribution in [1.29, 1.82) is 0 Å². The zero-order chi connectivity index (χ0) is 11.0. The summed E-state index contributed by atoms with van der Waals surface area (Å²) in [5.74, 6) is 1.39. The van der Waals surface area contributed by atoms with Crippen LogP contribution in [0.3, 0.4) is 0 Å². The molecule has 0 aliphatic heterocycles. The molecule has 1 aliphatic carbocycles. The Morgan fingerprint density at radius 2 is 2.38 bits per heavy atom. The van der Waals surface area contributed by atoms with Gasteiger partial charge in [0.2, 0.25) is 11.7 Å². The SMILES string of the molecule is NCC1(c2nc(-c3ccsc3)no2)CCC1. The van der Waals surface area contributed by atoms with Gasteiger partial charge in [0.15, 0.2) is 0 Å². The number of nitrogens with zero attached hydrogens (tertiary/aromatic N) is 2. The van der Waals surface area contributed by atoms with Gasteiger partial charge in [-0.25, -0.2) is 0 Å². The maximum atomic E-state index is 5.80. The van der Waals surface area contributed by atoms with Crippen molar-refractivity contribution in [2.75, 3.05) is 6.54 Å². The monoisotopic (exact) mass is 235 g/mol. The average molecular weight is 235 g/mol. The van der Waals surface area contributed by atoms with E-state index in [0.29, 0.717) is 18.3 Å². The fraction of sp³-hybridized carbons (Fsp3) is 0.455. The molecule has 3 rings (SSSR count). The summed E-state index contributed by atoms with van der Waals surface area (Å²) in [6, 6.07) is 2.00. The van der Waals surface area contributed by atoms with Crippen molar-refractivity contribution in [2.45, 2.75) is 24.7 Å². The number of hydrogen-bond donors (Lipinski definition) is 1. The predicted molar refractivity (Wildman–Crippen MR) is 62.2 cm³/mol. The minimum absolute atomic E-state index is 0.0404. The standard InChI is InChI=1S/C11H13N3OS/c12-7-11(3-1-4-11)10-13-9(14-15-10)8-2-5-16-6-8/h2,5-6H,1,3-4,7,12H2. The summed E-state index contributed by atoms with van der Waals surface area (Å²) in [6.07, 6.45) is 3.33. The molecule has 0 radical (unpaired) electrons. The summed E-state index contributed by atoms with van der Waals surface area (Å²) in [4.78, 5) is 4.47. The van der Waals surface area contributed by atoms with Crippen molar-refractivity contribution in [3.05, 3.63) is 22.7 Å². The van der Waals surface area contributed by atoms with Crippen molar-refractivity contribution < 1.29 is 4.52 Å². The van der Waals surface area contributed by atoms with Crippen LogP contribution in [-0.4, -0.2) is 16.7 Å². The second-order valence-corrected chi connectivity index (χ2v) is 5.05. The van der Waals surface area contributed by atoms with Crippen molar-refractivity contribution >= 4 is 11.3 Å². The van der Waals surface area contributed by atoms with Crippen LogP contribution in [0, 0.1) is 0 Å². The molecule has 0 atom stereocenters. The van der Waals surface area contributed by atoms with Crippen molar-refractivity contribution in [1.82, 2.24) is 10.1 Å². The Labute approximate surface area is 97.5 Å². The summed E-state index contributed by atoms with van der Waals surface area (Å²) in [6.45, 7) is 0.596. The van der Waals surface area contributed by atoms with E-state index in [1.807, 2.05) is 16.8 Å². The van der Waals surface area contributed by atoms with Crippen LogP contribution in [0.4, 0.5) is 0 Å². The molecule has 0 bridgehead atoms. The quantitative estimate of drug-likeness (QED) is 0.885. The highest BCUT2D eigenvalue weighted by Gasteiger charge is 2.42. The topological polar surface area (TPSA) is 64.9 Å². The maximum Gasteiger partial charge on any atom is 0.234 e. The molecule has 1 aliphatic rings. The van der Waals surface area contributed by atoms with E-state index in [-0.39, 0.29) is 5.41 Å². The molecule has 1 saturated carbocycles. The van der Waals surface area contributed by atoms with Gasteiger partial charge in [-0.1, -0.05) is 11.6 Å². The first-order valence-corrected chi connectivity index (χ1v) is 6.35. The van der Waals surface area contributed by atoms with Crippen molar-refractivity contribution in [3.8, 4) is 11.4 Å². The molecular weight excluding hydrogens is 222 g/mol. The number of hydrogen-bond acceptors (Lipinski definition) is 5.